The Morgan fingerprint density at radius 3 is 2.43 bits per heavy atom. The Kier molecular flexibility index (Phi) is 4.29. The molecule has 0 fully saturated rings. The standard InChI is InChI=1S/C14H15NO5S/c1-15(20-21(2,18)19)14(17)12-8-4-6-10-5-3-7-11(9-16)13(10)12/h3-9,18-19H,1-2H3. The van der Waals surface area contributed by atoms with Crippen molar-refractivity contribution in [1.82, 2.24) is 5.06 Å². The van der Waals surface area contributed by atoms with Gasteiger partial charge in [0.1, 0.15) is 10.9 Å². The molecule has 2 rings (SSSR count). The molecular weight excluding hydrogens is 294 g/mol. The number of nitrogens with zero attached hydrogens (tertiary/aromatic N) is 1. The molecule has 0 saturated heterocycles. The van der Waals surface area contributed by atoms with Crippen molar-refractivity contribution in [3.63, 3.8) is 0 Å². The fourth-order valence-corrected chi connectivity index (χ4v) is 2.55. The van der Waals surface area contributed by atoms with Gasteiger partial charge in [0.05, 0.1) is 5.56 Å². The number of fused-ring (bicyclic) bond motifs is 1. The monoisotopic (exact) mass is 309 g/mol. The maximum atomic E-state index is 12.4. The van der Waals surface area contributed by atoms with Crippen LogP contribution < -0.4 is 0 Å². The van der Waals surface area contributed by atoms with Gasteiger partial charge < -0.3 is 9.11 Å². The normalized spacial score (nSPS) is 12.2. The Morgan fingerprint density at radius 2 is 1.86 bits per heavy atom. The molecular formula is C14H15NO5S. The van der Waals surface area contributed by atoms with E-state index < -0.39 is 16.8 Å². The summed E-state index contributed by atoms with van der Waals surface area (Å²) < 4.78 is 23.3. The van der Waals surface area contributed by atoms with E-state index in [2.05, 4.69) is 0 Å². The molecule has 6 nitrogen and oxygen atoms in total. The summed E-state index contributed by atoms with van der Waals surface area (Å²) in [7, 11) is -2.03. The quantitative estimate of drug-likeness (QED) is 0.670. The summed E-state index contributed by atoms with van der Waals surface area (Å²) >= 11 is 0. The van der Waals surface area contributed by atoms with Gasteiger partial charge in [-0.3, -0.25) is 9.59 Å². The number of carbonyl (C=O) groups excluding carboxylic acids is 2. The average Bonchev–Trinajstić information content (AvgIpc) is 2.43. The lowest BCUT2D eigenvalue weighted by Crippen LogP contribution is -2.28. The van der Waals surface area contributed by atoms with Gasteiger partial charge in [-0.2, -0.15) is 4.28 Å². The van der Waals surface area contributed by atoms with E-state index in [1.54, 1.807) is 36.4 Å². The molecule has 112 valence electrons. The van der Waals surface area contributed by atoms with Crippen molar-refractivity contribution in [3.05, 3.63) is 47.5 Å². The summed E-state index contributed by atoms with van der Waals surface area (Å²) in [6.45, 7) is 0. The van der Waals surface area contributed by atoms with Crippen LogP contribution in [0.3, 0.4) is 0 Å². The van der Waals surface area contributed by atoms with Gasteiger partial charge in [-0.25, -0.2) is 5.06 Å². The highest BCUT2D eigenvalue weighted by Crippen LogP contribution is 2.36. The van der Waals surface area contributed by atoms with Crippen molar-refractivity contribution < 1.29 is 23.0 Å². The first-order valence-corrected chi connectivity index (χ1v) is 7.89. The second kappa shape index (κ2) is 5.82. The van der Waals surface area contributed by atoms with Gasteiger partial charge in [0.15, 0.2) is 6.29 Å². The van der Waals surface area contributed by atoms with Gasteiger partial charge in [0, 0.05) is 24.3 Å². The highest BCUT2D eigenvalue weighted by Gasteiger charge is 2.22. The molecule has 0 aliphatic rings. The van der Waals surface area contributed by atoms with E-state index >= 15 is 0 Å². The van der Waals surface area contributed by atoms with Crippen molar-refractivity contribution in [1.29, 1.82) is 0 Å². The van der Waals surface area contributed by atoms with Crippen molar-refractivity contribution in [3.8, 4) is 0 Å². The molecule has 2 aromatic carbocycles. The summed E-state index contributed by atoms with van der Waals surface area (Å²) in [5.74, 6) is -0.572. The molecule has 0 unspecified atom stereocenters. The number of hydrogen-bond donors (Lipinski definition) is 2. The number of amides is 1. The Labute approximate surface area is 123 Å². The molecule has 7 heteroatoms. The van der Waals surface area contributed by atoms with Crippen LogP contribution in [0.4, 0.5) is 0 Å². The maximum absolute atomic E-state index is 12.4. The maximum Gasteiger partial charge on any atom is 0.278 e. The minimum atomic E-state index is -3.31. The molecule has 0 bridgehead atoms. The van der Waals surface area contributed by atoms with Gasteiger partial charge in [-0.15, -0.1) is 0 Å². The molecule has 0 saturated carbocycles. The molecule has 1 amide bonds. The second-order valence-electron chi connectivity index (χ2n) is 4.51. The number of rotatable bonds is 4. The van der Waals surface area contributed by atoms with Crippen LogP contribution in [0.1, 0.15) is 20.7 Å². The van der Waals surface area contributed by atoms with E-state index in [1.165, 1.54) is 7.05 Å². The first kappa shape index (κ1) is 15.5. The molecule has 0 radical (unpaired) electrons. The number of hydrogen-bond acceptors (Lipinski definition) is 5. The van der Waals surface area contributed by atoms with Crippen molar-refractivity contribution in [2.24, 2.45) is 0 Å². The Bertz CT molecular complexity index is 690. The van der Waals surface area contributed by atoms with Gasteiger partial charge in [-0.1, -0.05) is 30.3 Å². The van der Waals surface area contributed by atoms with Crippen LogP contribution in [0, 0.1) is 0 Å². The minimum absolute atomic E-state index is 0.251. The van der Waals surface area contributed by atoms with Crippen LogP contribution in [-0.4, -0.2) is 39.7 Å². The van der Waals surface area contributed by atoms with E-state index in [0.29, 0.717) is 17.2 Å². The SMILES string of the molecule is CN(OS(C)(O)O)C(=O)c1cccc2cccc(C=O)c12. The van der Waals surface area contributed by atoms with Crippen molar-refractivity contribution >= 4 is 33.8 Å². The zero-order valence-corrected chi connectivity index (χ0v) is 12.3. The van der Waals surface area contributed by atoms with E-state index in [9.17, 15) is 18.7 Å². The number of hydroxylamine groups is 2. The molecule has 21 heavy (non-hydrogen) atoms. The zero-order valence-electron chi connectivity index (χ0n) is 11.5. The lowest BCUT2D eigenvalue weighted by Gasteiger charge is -2.26. The van der Waals surface area contributed by atoms with Gasteiger partial charge in [-0.05, 0) is 11.5 Å². The summed E-state index contributed by atoms with van der Waals surface area (Å²) in [5, 5.41) is 2.00. The van der Waals surface area contributed by atoms with Crippen LogP contribution >= 0.6 is 10.9 Å². The highest BCUT2D eigenvalue weighted by atomic mass is 32.3. The molecule has 0 spiro atoms. The van der Waals surface area contributed by atoms with E-state index in [-0.39, 0.29) is 5.56 Å². The van der Waals surface area contributed by atoms with Crippen LogP contribution in [0.15, 0.2) is 36.4 Å². The third-order valence-corrected chi connectivity index (χ3v) is 3.34. The lowest BCUT2D eigenvalue weighted by molar-refractivity contribution is -0.0175. The van der Waals surface area contributed by atoms with Gasteiger partial charge >= 0.3 is 0 Å². The van der Waals surface area contributed by atoms with Crippen molar-refractivity contribution in [2.45, 2.75) is 0 Å². The summed E-state index contributed by atoms with van der Waals surface area (Å²) in [5.41, 5.74) is 0.634. The number of carbonyl (C=O) groups is 2. The third kappa shape index (κ3) is 3.40. The molecule has 2 aromatic rings. The third-order valence-electron chi connectivity index (χ3n) is 2.83. The number of benzene rings is 2. The van der Waals surface area contributed by atoms with Crippen LogP contribution in [0.25, 0.3) is 10.8 Å². The zero-order chi connectivity index (χ0) is 15.6. The molecule has 0 aliphatic heterocycles. The average molecular weight is 309 g/mol. The first-order chi connectivity index (χ1) is 9.83. The van der Waals surface area contributed by atoms with Crippen LogP contribution in [-0.2, 0) is 4.28 Å². The molecule has 0 aliphatic carbocycles. The van der Waals surface area contributed by atoms with Gasteiger partial charge in [0.25, 0.3) is 5.91 Å². The topological polar surface area (TPSA) is 87.1 Å². The second-order valence-corrected chi connectivity index (χ2v) is 6.18. The lowest BCUT2D eigenvalue weighted by atomic mass is 9.99. The van der Waals surface area contributed by atoms with Gasteiger partial charge in [0.2, 0.25) is 0 Å². The summed E-state index contributed by atoms with van der Waals surface area (Å²) in [6, 6.07) is 10.1. The fourth-order valence-electron chi connectivity index (χ4n) is 2.06. The molecule has 0 aromatic heterocycles. The predicted molar refractivity (Wildman–Crippen MR) is 81.3 cm³/mol. The predicted octanol–water partition coefficient (Wildman–Crippen LogP) is 2.95. The van der Waals surface area contributed by atoms with E-state index in [4.69, 9.17) is 4.28 Å². The Morgan fingerprint density at radius 1 is 1.24 bits per heavy atom. The molecule has 0 heterocycles. The Hall–Kier alpha value is -1.93. The Balaban J connectivity index is 2.51. The van der Waals surface area contributed by atoms with E-state index in [1.807, 2.05) is 0 Å². The van der Waals surface area contributed by atoms with E-state index in [0.717, 1.165) is 16.7 Å². The smallest absolute Gasteiger partial charge is 0.278 e. The molecule has 2 N–H and O–H groups in total. The fraction of sp³-hybridized carbons (Fsp3) is 0.143. The summed E-state index contributed by atoms with van der Waals surface area (Å²) in [6.07, 6.45) is 1.74. The first-order valence-electron chi connectivity index (χ1n) is 6.01. The van der Waals surface area contributed by atoms with Crippen LogP contribution in [0.5, 0.6) is 0 Å². The van der Waals surface area contributed by atoms with Crippen LogP contribution in [0.2, 0.25) is 0 Å². The molecule has 0 atom stereocenters. The minimum Gasteiger partial charge on any atom is -0.307 e. The largest absolute Gasteiger partial charge is 0.307 e. The van der Waals surface area contributed by atoms with Crippen molar-refractivity contribution in [2.75, 3.05) is 13.3 Å². The highest BCUT2D eigenvalue weighted by molar-refractivity contribution is 8.19. The summed E-state index contributed by atoms with van der Waals surface area (Å²) in [4.78, 5) is 23.5. The number of aldehydes is 1.